The van der Waals surface area contributed by atoms with E-state index in [9.17, 15) is 15.3 Å². The molecule has 0 aliphatic carbocycles. The summed E-state index contributed by atoms with van der Waals surface area (Å²) in [6.45, 7) is -0.793. The van der Waals surface area contributed by atoms with Gasteiger partial charge >= 0.3 is 0 Å². The highest BCUT2D eigenvalue weighted by atomic mass is 32.1. The van der Waals surface area contributed by atoms with Crippen LogP contribution in [0.3, 0.4) is 0 Å². The molecule has 0 aliphatic rings. The number of nitrogens with one attached hydrogen (secondary N) is 1. The molecule has 0 atom stereocenters. The van der Waals surface area contributed by atoms with E-state index in [0.29, 0.717) is 12.4 Å². The predicted octanol–water partition coefficient (Wildman–Crippen LogP) is -0.790. The van der Waals surface area contributed by atoms with Crippen molar-refractivity contribution in [3.05, 3.63) is 17.3 Å². The van der Waals surface area contributed by atoms with Crippen LogP contribution in [0.25, 0.3) is 4.96 Å². The van der Waals surface area contributed by atoms with Gasteiger partial charge in [-0.2, -0.15) is 4.98 Å². The monoisotopic (exact) mass is 287 g/mol. The molecular formula is C11H17N3O4S. The van der Waals surface area contributed by atoms with E-state index in [1.165, 1.54) is 18.4 Å². The maximum atomic E-state index is 9.27. The van der Waals surface area contributed by atoms with E-state index in [1.54, 1.807) is 0 Å². The van der Waals surface area contributed by atoms with E-state index in [-0.39, 0.29) is 19.8 Å². The highest BCUT2D eigenvalue weighted by Gasteiger charge is 2.28. The standard InChI is InChI=1S/C11H17N3O4S/c1-18-9-8(14-2-3-19-10(14)13-9)4-12-11(5-15,6-16)7-17/h2-3,12,15-17H,4-7H2,1H3. The molecule has 19 heavy (non-hydrogen) atoms. The van der Waals surface area contributed by atoms with E-state index in [1.807, 2.05) is 16.0 Å². The van der Waals surface area contributed by atoms with Gasteiger partial charge in [0.25, 0.3) is 0 Å². The summed E-state index contributed by atoms with van der Waals surface area (Å²) in [6, 6.07) is 0. The fourth-order valence-electron chi connectivity index (χ4n) is 1.73. The van der Waals surface area contributed by atoms with Crippen molar-refractivity contribution >= 4 is 16.3 Å². The molecule has 0 amide bonds. The van der Waals surface area contributed by atoms with Gasteiger partial charge in [-0.1, -0.05) is 0 Å². The molecule has 2 rings (SSSR count). The third-order valence-corrected chi connectivity index (χ3v) is 3.81. The molecule has 0 radical (unpaired) electrons. The topological polar surface area (TPSA) is 99.3 Å². The van der Waals surface area contributed by atoms with Crippen molar-refractivity contribution in [1.82, 2.24) is 14.7 Å². The zero-order chi connectivity index (χ0) is 13.9. The second-order valence-electron chi connectivity index (χ2n) is 4.23. The van der Waals surface area contributed by atoms with Crippen molar-refractivity contribution in [2.75, 3.05) is 26.9 Å². The molecule has 2 aromatic rings. The van der Waals surface area contributed by atoms with Crippen LogP contribution in [0.5, 0.6) is 5.88 Å². The van der Waals surface area contributed by atoms with Crippen LogP contribution in [-0.2, 0) is 6.54 Å². The molecular weight excluding hydrogens is 270 g/mol. The number of rotatable bonds is 7. The van der Waals surface area contributed by atoms with E-state index < -0.39 is 5.54 Å². The molecule has 2 aromatic heterocycles. The maximum absolute atomic E-state index is 9.27. The van der Waals surface area contributed by atoms with Gasteiger partial charge in [0.05, 0.1) is 32.5 Å². The van der Waals surface area contributed by atoms with Gasteiger partial charge in [-0.05, 0) is 0 Å². The van der Waals surface area contributed by atoms with Gasteiger partial charge < -0.3 is 20.1 Å². The first-order valence-electron chi connectivity index (χ1n) is 5.75. The number of fused-ring (bicyclic) bond motifs is 1. The SMILES string of the molecule is COc1nc2sccn2c1CNC(CO)(CO)CO. The Bertz CT molecular complexity index is 527. The molecule has 0 unspecified atom stereocenters. The molecule has 0 saturated carbocycles. The average molecular weight is 287 g/mol. The summed E-state index contributed by atoms with van der Waals surface area (Å²) in [5.41, 5.74) is -0.343. The molecule has 0 fully saturated rings. The van der Waals surface area contributed by atoms with Gasteiger partial charge in [0.2, 0.25) is 5.88 Å². The molecule has 106 valence electrons. The van der Waals surface area contributed by atoms with E-state index in [0.717, 1.165) is 10.7 Å². The quantitative estimate of drug-likeness (QED) is 0.533. The number of ether oxygens (including phenoxy) is 1. The van der Waals surface area contributed by atoms with Crippen LogP contribution in [0.1, 0.15) is 5.69 Å². The van der Waals surface area contributed by atoms with Gasteiger partial charge in [0, 0.05) is 18.1 Å². The van der Waals surface area contributed by atoms with Crippen molar-refractivity contribution in [2.24, 2.45) is 0 Å². The minimum absolute atomic E-state index is 0.308. The number of hydrogen-bond acceptors (Lipinski definition) is 7. The summed E-state index contributed by atoms with van der Waals surface area (Å²) in [7, 11) is 1.54. The van der Waals surface area contributed by atoms with E-state index in [2.05, 4.69) is 10.3 Å². The van der Waals surface area contributed by atoms with Crippen molar-refractivity contribution < 1.29 is 20.1 Å². The Morgan fingerprint density at radius 2 is 2.05 bits per heavy atom. The molecule has 2 heterocycles. The number of aliphatic hydroxyl groups excluding tert-OH is 3. The molecule has 0 aromatic carbocycles. The summed E-state index contributed by atoms with van der Waals surface area (Å²) < 4.78 is 7.07. The fourth-order valence-corrected chi connectivity index (χ4v) is 2.45. The second kappa shape index (κ2) is 5.85. The Balaban J connectivity index is 2.22. The van der Waals surface area contributed by atoms with Gasteiger partial charge in [0.1, 0.15) is 5.69 Å². The molecule has 0 bridgehead atoms. The number of nitrogens with zero attached hydrogens (tertiary/aromatic N) is 2. The number of hydrogen-bond donors (Lipinski definition) is 4. The van der Waals surface area contributed by atoms with Gasteiger partial charge in [-0.15, -0.1) is 11.3 Å². The smallest absolute Gasteiger partial charge is 0.237 e. The fraction of sp³-hybridized carbons (Fsp3) is 0.545. The van der Waals surface area contributed by atoms with E-state index in [4.69, 9.17) is 4.74 Å². The third-order valence-electron chi connectivity index (χ3n) is 3.06. The normalized spacial score (nSPS) is 12.2. The molecule has 0 saturated heterocycles. The molecule has 0 spiro atoms. The summed E-state index contributed by atoms with van der Waals surface area (Å²) in [4.78, 5) is 5.10. The van der Waals surface area contributed by atoms with Crippen molar-refractivity contribution in [3.8, 4) is 5.88 Å². The average Bonchev–Trinajstić information content (AvgIpc) is 3.02. The van der Waals surface area contributed by atoms with Crippen LogP contribution < -0.4 is 10.1 Å². The lowest BCUT2D eigenvalue weighted by Gasteiger charge is -2.28. The molecule has 7 nitrogen and oxygen atoms in total. The zero-order valence-corrected chi connectivity index (χ0v) is 11.4. The molecule has 8 heteroatoms. The Hall–Kier alpha value is -1.19. The minimum atomic E-state index is -1.12. The van der Waals surface area contributed by atoms with Crippen LogP contribution >= 0.6 is 11.3 Å². The summed E-state index contributed by atoms with van der Waals surface area (Å²) in [5, 5.41) is 32.7. The Labute approximate surface area is 114 Å². The highest BCUT2D eigenvalue weighted by molar-refractivity contribution is 7.15. The third kappa shape index (κ3) is 2.58. The lowest BCUT2D eigenvalue weighted by Crippen LogP contribution is -2.54. The van der Waals surface area contributed by atoms with Gasteiger partial charge in [-0.25, -0.2) is 0 Å². The van der Waals surface area contributed by atoms with Crippen molar-refractivity contribution in [1.29, 1.82) is 0 Å². The van der Waals surface area contributed by atoms with Crippen LogP contribution in [0.4, 0.5) is 0 Å². The first-order valence-corrected chi connectivity index (χ1v) is 6.63. The van der Waals surface area contributed by atoms with E-state index >= 15 is 0 Å². The number of imidazole rings is 1. The second-order valence-corrected chi connectivity index (χ2v) is 5.10. The van der Waals surface area contributed by atoms with Gasteiger partial charge in [-0.3, -0.25) is 9.72 Å². The molecule has 4 N–H and O–H groups in total. The van der Waals surface area contributed by atoms with Crippen molar-refractivity contribution in [3.63, 3.8) is 0 Å². The lowest BCUT2D eigenvalue weighted by atomic mass is 10.0. The number of aromatic nitrogens is 2. The highest BCUT2D eigenvalue weighted by Crippen LogP contribution is 2.23. The summed E-state index contributed by atoms with van der Waals surface area (Å²) in [5.74, 6) is 0.488. The maximum Gasteiger partial charge on any atom is 0.237 e. The van der Waals surface area contributed by atoms with Crippen molar-refractivity contribution in [2.45, 2.75) is 12.1 Å². The Morgan fingerprint density at radius 1 is 1.37 bits per heavy atom. The van der Waals surface area contributed by atoms with Crippen LogP contribution in [0.15, 0.2) is 11.6 Å². The number of thiazole rings is 1. The summed E-state index contributed by atoms with van der Waals surface area (Å²) in [6.07, 6.45) is 1.87. The van der Waals surface area contributed by atoms with Crippen LogP contribution in [-0.4, -0.2) is 57.2 Å². The van der Waals surface area contributed by atoms with Crippen LogP contribution in [0.2, 0.25) is 0 Å². The lowest BCUT2D eigenvalue weighted by molar-refractivity contribution is 0.0409. The number of methoxy groups -OCH3 is 1. The zero-order valence-electron chi connectivity index (χ0n) is 10.5. The molecule has 0 aliphatic heterocycles. The Kier molecular flexibility index (Phi) is 4.38. The van der Waals surface area contributed by atoms with Gasteiger partial charge in [0.15, 0.2) is 4.96 Å². The first-order chi connectivity index (χ1) is 9.19. The predicted molar refractivity (Wildman–Crippen MR) is 70.4 cm³/mol. The minimum Gasteiger partial charge on any atom is -0.480 e. The largest absolute Gasteiger partial charge is 0.480 e. The van der Waals surface area contributed by atoms with Crippen LogP contribution in [0, 0.1) is 0 Å². The summed E-state index contributed by atoms with van der Waals surface area (Å²) >= 11 is 1.48. The Morgan fingerprint density at radius 3 is 2.63 bits per heavy atom. The number of aliphatic hydroxyl groups is 3. The first kappa shape index (κ1) is 14.2.